The summed E-state index contributed by atoms with van der Waals surface area (Å²) in [5, 5.41) is 5.51. The highest BCUT2D eigenvalue weighted by Crippen LogP contribution is 2.24. The molecule has 2 rings (SSSR count). The number of rotatable bonds is 7. The van der Waals surface area contributed by atoms with Crippen LogP contribution in [0.4, 0.5) is 24.5 Å². The van der Waals surface area contributed by atoms with E-state index in [9.17, 15) is 18.0 Å². The van der Waals surface area contributed by atoms with Crippen LogP contribution >= 0.6 is 0 Å². The summed E-state index contributed by atoms with van der Waals surface area (Å²) in [6, 6.07) is 12.0. The lowest BCUT2D eigenvalue weighted by Gasteiger charge is -2.11. The van der Waals surface area contributed by atoms with Crippen LogP contribution in [-0.4, -0.2) is 25.4 Å². The molecule has 0 heterocycles. The van der Waals surface area contributed by atoms with E-state index >= 15 is 0 Å². The van der Waals surface area contributed by atoms with Crippen LogP contribution in [0.15, 0.2) is 48.5 Å². The first-order chi connectivity index (χ1) is 11.9. The van der Waals surface area contributed by atoms with Crippen LogP contribution in [0.2, 0.25) is 0 Å². The van der Waals surface area contributed by atoms with Crippen LogP contribution in [0.3, 0.4) is 0 Å². The first kappa shape index (κ1) is 18.4. The molecule has 0 unspecified atom stereocenters. The van der Waals surface area contributed by atoms with Crippen molar-refractivity contribution in [1.82, 2.24) is 0 Å². The van der Waals surface area contributed by atoms with Crippen LogP contribution in [0.1, 0.15) is 6.92 Å². The van der Waals surface area contributed by atoms with Gasteiger partial charge in [-0.05, 0) is 55.5 Å². The van der Waals surface area contributed by atoms with Crippen LogP contribution in [0.5, 0.6) is 11.5 Å². The Balaban J connectivity index is 1.81. The highest BCUT2D eigenvalue weighted by atomic mass is 19.4. The van der Waals surface area contributed by atoms with Gasteiger partial charge in [-0.15, -0.1) is 13.2 Å². The Hall–Kier alpha value is -2.90. The van der Waals surface area contributed by atoms with E-state index in [0.29, 0.717) is 12.3 Å². The fourth-order valence-corrected chi connectivity index (χ4v) is 1.96. The maximum absolute atomic E-state index is 12.1. The van der Waals surface area contributed by atoms with Gasteiger partial charge in [-0.1, -0.05) is 0 Å². The summed E-state index contributed by atoms with van der Waals surface area (Å²) in [5.41, 5.74) is 1.11. The van der Waals surface area contributed by atoms with Gasteiger partial charge in [0.2, 0.25) is 5.91 Å². The van der Waals surface area contributed by atoms with Crippen LogP contribution in [0.25, 0.3) is 0 Å². The molecule has 2 aromatic rings. The molecular weight excluding hydrogens is 337 g/mol. The van der Waals surface area contributed by atoms with E-state index in [4.69, 9.17) is 4.74 Å². The summed E-state index contributed by atoms with van der Waals surface area (Å²) in [5.74, 6) is 0.0510. The molecule has 0 fully saturated rings. The predicted molar refractivity (Wildman–Crippen MR) is 87.9 cm³/mol. The summed E-state index contributed by atoms with van der Waals surface area (Å²) in [4.78, 5) is 11.9. The molecule has 0 bridgehead atoms. The standard InChI is InChI=1S/C17H17F3N2O3/c1-2-24-14-7-3-12(4-8-14)21-11-16(23)22-13-5-9-15(10-6-13)25-17(18,19)20/h3-10,21H,2,11H2,1H3,(H,22,23). The Labute approximate surface area is 142 Å². The molecule has 0 saturated heterocycles. The van der Waals surface area contributed by atoms with Crippen molar-refractivity contribution in [3.05, 3.63) is 48.5 Å². The zero-order valence-corrected chi connectivity index (χ0v) is 13.4. The fraction of sp³-hybridized carbons (Fsp3) is 0.235. The van der Waals surface area contributed by atoms with Gasteiger partial charge in [-0.25, -0.2) is 0 Å². The number of hydrogen-bond acceptors (Lipinski definition) is 4. The van der Waals surface area contributed by atoms with E-state index in [0.717, 1.165) is 23.6 Å². The molecular formula is C17H17F3N2O3. The number of anilines is 2. The minimum Gasteiger partial charge on any atom is -0.494 e. The van der Waals surface area contributed by atoms with E-state index in [2.05, 4.69) is 15.4 Å². The number of hydrogen-bond donors (Lipinski definition) is 2. The van der Waals surface area contributed by atoms with Gasteiger partial charge in [0, 0.05) is 11.4 Å². The number of carbonyl (C=O) groups is 1. The number of carbonyl (C=O) groups excluding carboxylic acids is 1. The molecule has 0 atom stereocenters. The second-order valence-corrected chi connectivity index (χ2v) is 4.93. The molecule has 8 heteroatoms. The third kappa shape index (κ3) is 6.62. The monoisotopic (exact) mass is 354 g/mol. The first-order valence-corrected chi connectivity index (χ1v) is 7.48. The third-order valence-electron chi connectivity index (χ3n) is 2.99. The number of amides is 1. The lowest BCUT2D eigenvalue weighted by molar-refractivity contribution is -0.274. The Bertz CT molecular complexity index is 686. The van der Waals surface area contributed by atoms with E-state index in [1.165, 1.54) is 12.1 Å². The van der Waals surface area contributed by atoms with Gasteiger partial charge >= 0.3 is 6.36 Å². The van der Waals surface area contributed by atoms with E-state index < -0.39 is 6.36 Å². The molecule has 0 aliphatic heterocycles. The molecule has 25 heavy (non-hydrogen) atoms. The largest absolute Gasteiger partial charge is 0.573 e. The molecule has 0 saturated carbocycles. The second-order valence-electron chi connectivity index (χ2n) is 4.93. The highest BCUT2D eigenvalue weighted by molar-refractivity contribution is 5.93. The van der Waals surface area contributed by atoms with Crippen molar-refractivity contribution in [2.45, 2.75) is 13.3 Å². The van der Waals surface area contributed by atoms with Gasteiger partial charge in [0.05, 0.1) is 13.2 Å². The smallest absolute Gasteiger partial charge is 0.494 e. The minimum absolute atomic E-state index is 0.00871. The molecule has 0 spiro atoms. The molecule has 5 nitrogen and oxygen atoms in total. The summed E-state index contributed by atoms with van der Waals surface area (Å²) >= 11 is 0. The average molecular weight is 354 g/mol. The third-order valence-corrected chi connectivity index (χ3v) is 2.99. The van der Waals surface area contributed by atoms with Crippen LogP contribution in [-0.2, 0) is 4.79 Å². The molecule has 0 radical (unpaired) electrons. The van der Waals surface area contributed by atoms with Crippen molar-refractivity contribution in [3.8, 4) is 11.5 Å². The maximum atomic E-state index is 12.1. The van der Waals surface area contributed by atoms with Gasteiger partial charge in [0.1, 0.15) is 11.5 Å². The molecule has 0 aromatic heterocycles. The molecule has 2 N–H and O–H groups in total. The normalized spacial score (nSPS) is 10.9. The van der Waals surface area contributed by atoms with E-state index in [1.807, 2.05) is 6.92 Å². The first-order valence-electron chi connectivity index (χ1n) is 7.48. The number of benzene rings is 2. The topological polar surface area (TPSA) is 59.6 Å². The summed E-state index contributed by atoms with van der Waals surface area (Å²) in [6.45, 7) is 2.47. The zero-order chi connectivity index (χ0) is 18.3. The fourth-order valence-electron chi connectivity index (χ4n) is 1.96. The van der Waals surface area contributed by atoms with Gasteiger partial charge in [-0.3, -0.25) is 4.79 Å². The number of halogens is 3. The van der Waals surface area contributed by atoms with Crippen molar-refractivity contribution >= 4 is 17.3 Å². The minimum atomic E-state index is -4.74. The Morgan fingerprint density at radius 2 is 1.52 bits per heavy atom. The Kier molecular flexibility index (Phi) is 6.10. The molecule has 2 aromatic carbocycles. The predicted octanol–water partition coefficient (Wildman–Crippen LogP) is 4.03. The lowest BCUT2D eigenvalue weighted by atomic mass is 10.3. The van der Waals surface area contributed by atoms with Crippen molar-refractivity contribution in [3.63, 3.8) is 0 Å². The van der Waals surface area contributed by atoms with E-state index in [-0.39, 0.29) is 18.2 Å². The van der Waals surface area contributed by atoms with Crippen molar-refractivity contribution in [1.29, 1.82) is 0 Å². The number of nitrogens with one attached hydrogen (secondary N) is 2. The van der Waals surface area contributed by atoms with Crippen LogP contribution < -0.4 is 20.1 Å². The van der Waals surface area contributed by atoms with Gasteiger partial charge in [-0.2, -0.15) is 0 Å². The molecule has 1 amide bonds. The molecule has 134 valence electrons. The van der Waals surface area contributed by atoms with Crippen molar-refractivity contribution in [2.75, 3.05) is 23.8 Å². The van der Waals surface area contributed by atoms with Gasteiger partial charge < -0.3 is 20.1 Å². The summed E-state index contributed by atoms with van der Waals surface area (Å²) < 4.78 is 45.3. The zero-order valence-electron chi connectivity index (χ0n) is 13.4. The second kappa shape index (κ2) is 8.27. The number of alkyl halides is 3. The molecule has 0 aliphatic carbocycles. The van der Waals surface area contributed by atoms with Crippen LogP contribution in [0, 0.1) is 0 Å². The highest BCUT2D eigenvalue weighted by Gasteiger charge is 2.30. The van der Waals surface area contributed by atoms with Crippen molar-refractivity contribution < 1.29 is 27.4 Å². The lowest BCUT2D eigenvalue weighted by Crippen LogP contribution is -2.21. The SMILES string of the molecule is CCOc1ccc(NCC(=O)Nc2ccc(OC(F)(F)F)cc2)cc1. The average Bonchev–Trinajstić information content (AvgIpc) is 2.55. The quantitative estimate of drug-likeness (QED) is 0.788. The number of ether oxygens (including phenoxy) is 2. The summed E-state index contributed by atoms with van der Waals surface area (Å²) in [7, 11) is 0. The Morgan fingerprint density at radius 1 is 0.960 bits per heavy atom. The van der Waals surface area contributed by atoms with Crippen molar-refractivity contribution in [2.24, 2.45) is 0 Å². The van der Waals surface area contributed by atoms with E-state index in [1.54, 1.807) is 24.3 Å². The molecule has 0 aliphatic rings. The Morgan fingerprint density at radius 3 is 2.08 bits per heavy atom. The maximum Gasteiger partial charge on any atom is 0.573 e. The van der Waals surface area contributed by atoms with Gasteiger partial charge in [0.25, 0.3) is 0 Å². The summed E-state index contributed by atoms with van der Waals surface area (Å²) in [6.07, 6.45) is -4.74. The van der Waals surface area contributed by atoms with Gasteiger partial charge in [0.15, 0.2) is 0 Å².